The summed E-state index contributed by atoms with van der Waals surface area (Å²) in [6.45, 7) is 1.44. The topological polar surface area (TPSA) is 90.3 Å². The number of benzene rings is 1. The molecule has 7 nitrogen and oxygen atoms in total. The van der Waals surface area contributed by atoms with Crippen LogP contribution in [0.3, 0.4) is 0 Å². The molecule has 0 saturated heterocycles. The van der Waals surface area contributed by atoms with Crippen molar-refractivity contribution >= 4 is 49.4 Å². The second-order valence-corrected chi connectivity index (χ2v) is 6.62. The van der Waals surface area contributed by atoms with Crippen LogP contribution in [0, 0.1) is 6.92 Å². The van der Waals surface area contributed by atoms with Crippen LogP contribution < -0.4 is 10.9 Å². The first kappa shape index (κ1) is 18.3. The molecule has 2 aromatic rings. The van der Waals surface area contributed by atoms with Gasteiger partial charge in [0, 0.05) is 22.1 Å². The van der Waals surface area contributed by atoms with Crippen molar-refractivity contribution in [2.24, 2.45) is 7.05 Å². The summed E-state index contributed by atoms with van der Waals surface area (Å²) in [7, 11) is 1.41. The maximum atomic E-state index is 12.0. The van der Waals surface area contributed by atoms with Crippen LogP contribution in [-0.4, -0.2) is 28.3 Å². The molecule has 0 bridgehead atoms. The Morgan fingerprint density at radius 2 is 1.88 bits per heavy atom. The van der Waals surface area contributed by atoms with Gasteiger partial charge in [0.05, 0.1) is 5.69 Å². The number of amides is 1. The van der Waals surface area contributed by atoms with Crippen molar-refractivity contribution in [3.05, 3.63) is 54.8 Å². The van der Waals surface area contributed by atoms with Gasteiger partial charge < -0.3 is 10.1 Å². The number of esters is 1. The SMILES string of the molecule is Cc1cc(Br)c(NC(=O)COC(=O)c2ccc(=O)n(C)n2)c(Br)c1. The first-order valence-electron chi connectivity index (χ1n) is 6.75. The number of aryl methyl sites for hydroxylation is 2. The number of ether oxygens (including phenoxy) is 1. The summed E-state index contributed by atoms with van der Waals surface area (Å²) in [4.78, 5) is 35.0. The highest BCUT2D eigenvalue weighted by atomic mass is 79.9. The molecule has 0 aliphatic heterocycles. The molecule has 1 heterocycles. The molecule has 126 valence electrons. The highest BCUT2D eigenvalue weighted by molar-refractivity contribution is 9.11. The van der Waals surface area contributed by atoms with Gasteiger partial charge in [-0.2, -0.15) is 5.10 Å². The quantitative estimate of drug-likeness (QED) is 0.710. The lowest BCUT2D eigenvalue weighted by Crippen LogP contribution is -2.24. The van der Waals surface area contributed by atoms with Gasteiger partial charge in [-0.15, -0.1) is 0 Å². The molecule has 0 aliphatic carbocycles. The molecule has 0 radical (unpaired) electrons. The molecule has 1 amide bonds. The minimum Gasteiger partial charge on any atom is -0.451 e. The molecule has 0 saturated carbocycles. The number of halogens is 2. The lowest BCUT2D eigenvalue weighted by Gasteiger charge is -2.11. The molecule has 1 aromatic carbocycles. The average Bonchev–Trinajstić information content (AvgIpc) is 2.51. The first-order valence-corrected chi connectivity index (χ1v) is 8.33. The van der Waals surface area contributed by atoms with Gasteiger partial charge in [-0.1, -0.05) is 0 Å². The van der Waals surface area contributed by atoms with Crippen molar-refractivity contribution in [1.29, 1.82) is 0 Å². The number of carbonyl (C=O) groups is 2. The van der Waals surface area contributed by atoms with E-state index < -0.39 is 18.5 Å². The molecule has 0 fully saturated rings. The van der Waals surface area contributed by atoms with E-state index in [1.807, 2.05) is 19.1 Å². The molecule has 0 unspecified atom stereocenters. The molecule has 9 heteroatoms. The van der Waals surface area contributed by atoms with Gasteiger partial charge in [0.1, 0.15) is 0 Å². The summed E-state index contributed by atoms with van der Waals surface area (Å²) >= 11 is 6.73. The summed E-state index contributed by atoms with van der Waals surface area (Å²) in [6, 6.07) is 6.14. The van der Waals surface area contributed by atoms with E-state index in [2.05, 4.69) is 42.3 Å². The Hall–Kier alpha value is -2.00. The summed E-state index contributed by atoms with van der Waals surface area (Å²) in [5.74, 6) is -1.29. The highest BCUT2D eigenvalue weighted by Gasteiger charge is 2.15. The van der Waals surface area contributed by atoms with Crippen LogP contribution in [0.2, 0.25) is 0 Å². The van der Waals surface area contributed by atoms with Gasteiger partial charge in [-0.25, -0.2) is 9.48 Å². The second-order valence-electron chi connectivity index (χ2n) is 4.91. The van der Waals surface area contributed by atoms with Crippen LogP contribution in [0.1, 0.15) is 16.1 Å². The van der Waals surface area contributed by atoms with Gasteiger partial charge in [-0.3, -0.25) is 9.59 Å². The minimum atomic E-state index is -0.789. The predicted octanol–water partition coefficient (Wildman–Crippen LogP) is 2.41. The zero-order chi connectivity index (χ0) is 17.9. The fourth-order valence-corrected chi connectivity index (χ4v) is 3.42. The number of hydrogen-bond donors (Lipinski definition) is 1. The zero-order valence-electron chi connectivity index (χ0n) is 12.8. The molecular formula is C15H13Br2N3O4. The average molecular weight is 459 g/mol. The third-order valence-electron chi connectivity index (χ3n) is 2.95. The van der Waals surface area contributed by atoms with E-state index in [9.17, 15) is 14.4 Å². The van der Waals surface area contributed by atoms with E-state index in [-0.39, 0.29) is 11.3 Å². The van der Waals surface area contributed by atoms with Crippen molar-refractivity contribution in [2.75, 3.05) is 11.9 Å². The molecular weight excluding hydrogens is 446 g/mol. The van der Waals surface area contributed by atoms with Crippen LogP contribution >= 0.6 is 31.9 Å². The minimum absolute atomic E-state index is 0.0532. The maximum absolute atomic E-state index is 12.0. The fraction of sp³-hybridized carbons (Fsp3) is 0.200. The number of nitrogens with one attached hydrogen (secondary N) is 1. The summed E-state index contributed by atoms with van der Waals surface area (Å²) in [5, 5.41) is 6.40. The molecule has 0 aliphatic rings. The van der Waals surface area contributed by atoms with E-state index in [1.54, 1.807) is 0 Å². The van der Waals surface area contributed by atoms with Crippen LogP contribution in [-0.2, 0) is 16.6 Å². The Bertz CT molecular complexity index is 841. The van der Waals surface area contributed by atoms with E-state index in [1.165, 1.54) is 19.2 Å². The van der Waals surface area contributed by atoms with Crippen molar-refractivity contribution in [2.45, 2.75) is 6.92 Å². The normalized spacial score (nSPS) is 10.3. The number of hydrogen-bond acceptors (Lipinski definition) is 5. The molecule has 1 N–H and O–H groups in total. The lowest BCUT2D eigenvalue weighted by molar-refractivity contribution is -0.119. The Balaban J connectivity index is 1.99. The van der Waals surface area contributed by atoms with Crippen LogP contribution in [0.5, 0.6) is 0 Å². The number of rotatable bonds is 4. The third kappa shape index (κ3) is 4.51. The molecule has 24 heavy (non-hydrogen) atoms. The zero-order valence-corrected chi connectivity index (χ0v) is 16.0. The Morgan fingerprint density at radius 1 is 1.25 bits per heavy atom. The summed E-state index contributed by atoms with van der Waals surface area (Å²) in [5.41, 5.74) is 1.15. The number of carbonyl (C=O) groups excluding carboxylic acids is 2. The Labute approximate surface area is 154 Å². The Kier molecular flexibility index (Phi) is 5.89. The molecule has 0 spiro atoms. The van der Waals surface area contributed by atoms with Crippen molar-refractivity contribution in [3.63, 3.8) is 0 Å². The van der Waals surface area contributed by atoms with Crippen molar-refractivity contribution < 1.29 is 14.3 Å². The third-order valence-corrected chi connectivity index (χ3v) is 4.21. The number of nitrogens with zero attached hydrogens (tertiary/aromatic N) is 2. The van der Waals surface area contributed by atoms with Crippen molar-refractivity contribution in [1.82, 2.24) is 9.78 Å². The number of aromatic nitrogens is 2. The van der Waals surface area contributed by atoms with Crippen LogP contribution in [0.4, 0.5) is 5.69 Å². The maximum Gasteiger partial charge on any atom is 0.359 e. The summed E-state index contributed by atoms with van der Waals surface area (Å²) in [6.07, 6.45) is 0. The standard InChI is InChI=1S/C15H13Br2N3O4/c1-8-5-9(16)14(10(17)6-8)18-12(21)7-24-15(23)11-3-4-13(22)20(2)19-11/h3-6H,7H2,1-2H3,(H,18,21). The van der Waals surface area contributed by atoms with Gasteiger partial charge in [0.25, 0.3) is 11.5 Å². The number of anilines is 1. The van der Waals surface area contributed by atoms with E-state index in [0.29, 0.717) is 14.6 Å². The van der Waals surface area contributed by atoms with Crippen molar-refractivity contribution in [3.8, 4) is 0 Å². The van der Waals surface area contributed by atoms with E-state index >= 15 is 0 Å². The van der Waals surface area contributed by atoms with Gasteiger partial charge in [-0.05, 0) is 62.5 Å². The van der Waals surface area contributed by atoms with Crippen LogP contribution in [0.25, 0.3) is 0 Å². The molecule has 1 aromatic heterocycles. The highest BCUT2D eigenvalue weighted by Crippen LogP contribution is 2.32. The lowest BCUT2D eigenvalue weighted by atomic mass is 10.2. The monoisotopic (exact) mass is 457 g/mol. The van der Waals surface area contributed by atoms with Gasteiger partial charge in [0.2, 0.25) is 0 Å². The van der Waals surface area contributed by atoms with Crippen LogP contribution in [0.15, 0.2) is 38.0 Å². The van der Waals surface area contributed by atoms with E-state index in [0.717, 1.165) is 10.2 Å². The largest absolute Gasteiger partial charge is 0.451 e. The molecule has 0 atom stereocenters. The van der Waals surface area contributed by atoms with Gasteiger partial charge in [0.15, 0.2) is 12.3 Å². The van der Waals surface area contributed by atoms with E-state index in [4.69, 9.17) is 4.74 Å². The Morgan fingerprint density at radius 3 is 2.46 bits per heavy atom. The second kappa shape index (κ2) is 7.71. The van der Waals surface area contributed by atoms with Gasteiger partial charge >= 0.3 is 5.97 Å². The first-order chi connectivity index (χ1) is 11.3. The predicted molar refractivity (Wildman–Crippen MR) is 95.0 cm³/mol. The molecule has 2 rings (SSSR count). The smallest absolute Gasteiger partial charge is 0.359 e. The fourth-order valence-electron chi connectivity index (χ4n) is 1.81. The summed E-state index contributed by atoms with van der Waals surface area (Å²) < 4.78 is 7.32.